The zero-order valence-corrected chi connectivity index (χ0v) is 12.9. The first kappa shape index (κ1) is 15.2. The lowest BCUT2D eigenvalue weighted by molar-refractivity contribution is -0.128. The zero-order valence-electron chi connectivity index (χ0n) is 12.9. The van der Waals surface area contributed by atoms with Crippen molar-refractivity contribution >= 4 is 11.7 Å². The maximum atomic E-state index is 12.5. The van der Waals surface area contributed by atoms with Gasteiger partial charge in [0.05, 0.1) is 6.54 Å². The number of rotatable bonds is 3. The number of hydrogen-bond acceptors (Lipinski definition) is 4. The molecule has 0 saturated carbocycles. The summed E-state index contributed by atoms with van der Waals surface area (Å²) in [5.41, 5.74) is 1.22. The van der Waals surface area contributed by atoms with Crippen LogP contribution in [0.15, 0.2) is 16.6 Å². The van der Waals surface area contributed by atoms with E-state index in [9.17, 15) is 4.79 Å². The molecule has 0 aromatic rings. The van der Waals surface area contributed by atoms with Crippen LogP contribution in [0.3, 0.4) is 0 Å². The van der Waals surface area contributed by atoms with E-state index in [1.54, 1.807) is 7.05 Å². The highest BCUT2D eigenvalue weighted by molar-refractivity contribution is 6.09. The van der Waals surface area contributed by atoms with E-state index in [2.05, 4.69) is 35.1 Å². The fourth-order valence-electron chi connectivity index (χ4n) is 3.00. The topological polar surface area (TPSA) is 47.9 Å². The quantitative estimate of drug-likeness (QED) is 0.833. The summed E-state index contributed by atoms with van der Waals surface area (Å²) >= 11 is 0. The van der Waals surface area contributed by atoms with Gasteiger partial charge in [-0.2, -0.15) is 0 Å². The van der Waals surface area contributed by atoms with Crippen molar-refractivity contribution < 1.29 is 4.79 Å². The van der Waals surface area contributed by atoms with Crippen LogP contribution in [0.2, 0.25) is 0 Å². The molecule has 0 radical (unpaired) electrons. The number of nitrogens with one attached hydrogen (secondary N) is 1. The molecule has 0 aromatic heterocycles. The van der Waals surface area contributed by atoms with E-state index in [-0.39, 0.29) is 5.91 Å². The van der Waals surface area contributed by atoms with Crippen LogP contribution >= 0.6 is 0 Å². The predicted molar refractivity (Wildman–Crippen MR) is 82.0 cm³/mol. The van der Waals surface area contributed by atoms with E-state index in [0.29, 0.717) is 12.6 Å². The molecule has 2 aliphatic rings. The van der Waals surface area contributed by atoms with E-state index < -0.39 is 0 Å². The second-order valence-corrected chi connectivity index (χ2v) is 5.57. The second-order valence-electron chi connectivity index (χ2n) is 5.57. The highest BCUT2D eigenvalue weighted by atomic mass is 16.2. The number of amides is 1. The predicted octanol–water partition coefficient (Wildman–Crippen LogP) is 0.877. The first-order valence-electron chi connectivity index (χ1n) is 7.58. The van der Waals surface area contributed by atoms with Crippen molar-refractivity contribution in [1.82, 2.24) is 15.1 Å². The van der Waals surface area contributed by atoms with Crippen molar-refractivity contribution in [2.24, 2.45) is 4.99 Å². The number of likely N-dealkylation sites (tertiary alicyclic amines) is 1. The maximum Gasteiger partial charge on any atom is 0.242 e. The molecule has 0 aliphatic carbocycles. The van der Waals surface area contributed by atoms with E-state index in [0.717, 1.165) is 44.9 Å². The van der Waals surface area contributed by atoms with Crippen molar-refractivity contribution in [2.45, 2.75) is 32.7 Å². The van der Waals surface area contributed by atoms with Crippen molar-refractivity contribution in [3.8, 4) is 0 Å². The zero-order chi connectivity index (χ0) is 14.5. The third-order valence-corrected chi connectivity index (χ3v) is 3.92. The summed E-state index contributed by atoms with van der Waals surface area (Å²) in [6.07, 6.45) is 4.11. The van der Waals surface area contributed by atoms with Gasteiger partial charge in [-0.1, -0.05) is 13.0 Å². The Morgan fingerprint density at radius 3 is 2.95 bits per heavy atom. The van der Waals surface area contributed by atoms with E-state index >= 15 is 0 Å². The molecule has 0 spiro atoms. The third-order valence-electron chi connectivity index (χ3n) is 3.92. The standard InChI is InChI=1S/C15H26N4O/c1-4-5-13-6-8-19(15(13)16-3)14(20)11-18-9-7-17-12(2)10-18/h5,12,17H,4,6-11H2,1-3H3/b13-5-,16-15?/t12-/m1/s1. The average molecular weight is 278 g/mol. The van der Waals surface area contributed by atoms with Crippen LogP contribution in [-0.2, 0) is 4.79 Å². The van der Waals surface area contributed by atoms with Gasteiger partial charge in [-0.25, -0.2) is 0 Å². The van der Waals surface area contributed by atoms with Crippen molar-refractivity contribution in [1.29, 1.82) is 0 Å². The Labute approximate surface area is 121 Å². The Kier molecular flexibility index (Phi) is 5.31. The molecule has 20 heavy (non-hydrogen) atoms. The average Bonchev–Trinajstić information content (AvgIpc) is 2.82. The van der Waals surface area contributed by atoms with Crippen LogP contribution in [0.1, 0.15) is 26.7 Å². The summed E-state index contributed by atoms with van der Waals surface area (Å²) in [5, 5.41) is 3.40. The fraction of sp³-hybridized carbons (Fsp3) is 0.733. The number of carbonyl (C=O) groups excluding carboxylic acids is 1. The van der Waals surface area contributed by atoms with E-state index in [1.807, 2.05) is 4.90 Å². The molecular weight excluding hydrogens is 252 g/mol. The van der Waals surface area contributed by atoms with Gasteiger partial charge in [0.1, 0.15) is 5.84 Å². The molecule has 5 heteroatoms. The Morgan fingerprint density at radius 1 is 1.50 bits per heavy atom. The van der Waals surface area contributed by atoms with Gasteiger partial charge in [0.15, 0.2) is 0 Å². The minimum absolute atomic E-state index is 0.180. The first-order valence-corrected chi connectivity index (χ1v) is 7.58. The molecule has 0 bridgehead atoms. The van der Waals surface area contributed by atoms with Crippen LogP contribution in [0.25, 0.3) is 0 Å². The Balaban J connectivity index is 1.97. The lowest BCUT2D eigenvalue weighted by Gasteiger charge is -2.32. The normalized spacial score (nSPS) is 28.6. The Hall–Kier alpha value is -1.20. The van der Waals surface area contributed by atoms with Crippen LogP contribution in [-0.4, -0.2) is 67.4 Å². The number of amidine groups is 1. The van der Waals surface area contributed by atoms with Crippen LogP contribution in [0, 0.1) is 0 Å². The Morgan fingerprint density at radius 2 is 2.30 bits per heavy atom. The molecule has 2 rings (SSSR count). The summed E-state index contributed by atoms with van der Waals surface area (Å²) in [6, 6.07) is 0.463. The van der Waals surface area contributed by atoms with E-state index in [1.165, 1.54) is 5.57 Å². The van der Waals surface area contributed by atoms with Crippen molar-refractivity contribution in [3.63, 3.8) is 0 Å². The lowest BCUT2D eigenvalue weighted by Crippen LogP contribution is -2.52. The number of hydrogen-bond donors (Lipinski definition) is 1. The molecule has 2 aliphatic heterocycles. The summed E-state index contributed by atoms with van der Waals surface area (Å²) in [5.74, 6) is 1.05. The maximum absolute atomic E-state index is 12.5. The molecule has 2 saturated heterocycles. The van der Waals surface area contributed by atoms with Crippen LogP contribution < -0.4 is 5.32 Å². The summed E-state index contributed by atoms with van der Waals surface area (Å²) in [7, 11) is 1.78. The van der Waals surface area contributed by atoms with Crippen LogP contribution in [0.4, 0.5) is 0 Å². The molecular formula is C15H26N4O. The number of nitrogens with zero attached hydrogens (tertiary/aromatic N) is 3. The minimum atomic E-state index is 0.180. The smallest absolute Gasteiger partial charge is 0.242 e. The van der Waals surface area contributed by atoms with E-state index in [4.69, 9.17) is 0 Å². The number of piperazine rings is 1. The number of allylic oxidation sites excluding steroid dienone is 1. The fourth-order valence-corrected chi connectivity index (χ4v) is 3.00. The number of aliphatic imine (C=N–C) groups is 1. The van der Waals surface area contributed by atoms with Gasteiger partial charge in [0.25, 0.3) is 0 Å². The van der Waals surface area contributed by atoms with Crippen LogP contribution in [0.5, 0.6) is 0 Å². The molecule has 2 heterocycles. The van der Waals surface area contributed by atoms with Gasteiger partial charge < -0.3 is 5.32 Å². The van der Waals surface area contributed by atoms with Crippen molar-refractivity contribution in [2.75, 3.05) is 39.8 Å². The van der Waals surface area contributed by atoms with Gasteiger partial charge in [-0.05, 0) is 25.3 Å². The van der Waals surface area contributed by atoms with Gasteiger partial charge in [-0.15, -0.1) is 0 Å². The highest BCUT2D eigenvalue weighted by Gasteiger charge is 2.29. The summed E-state index contributed by atoms with van der Waals surface area (Å²) in [4.78, 5) is 20.9. The molecule has 5 nitrogen and oxygen atoms in total. The van der Waals surface area contributed by atoms with Crippen molar-refractivity contribution in [3.05, 3.63) is 11.6 Å². The molecule has 1 atom stereocenters. The first-order chi connectivity index (χ1) is 9.65. The molecule has 0 aromatic carbocycles. The molecule has 1 amide bonds. The monoisotopic (exact) mass is 278 g/mol. The van der Waals surface area contributed by atoms with Gasteiger partial charge in [-0.3, -0.25) is 19.6 Å². The number of carbonyl (C=O) groups is 1. The largest absolute Gasteiger partial charge is 0.312 e. The summed E-state index contributed by atoms with van der Waals surface area (Å²) < 4.78 is 0. The van der Waals surface area contributed by atoms with Gasteiger partial charge in [0, 0.05) is 39.3 Å². The van der Waals surface area contributed by atoms with Gasteiger partial charge in [0.2, 0.25) is 5.91 Å². The molecule has 0 unspecified atom stereocenters. The summed E-state index contributed by atoms with van der Waals surface area (Å²) in [6.45, 7) is 8.41. The second kappa shape index (κ2) is 6.99. The highest BCUT2D eigenvalue weighted by Crippen LogP contribution is 2.19. The molecule has 112 valence electrons. The molecule has 2 fully saturated rings. The Bertz CT molecular complexity index is 416. The third kappa shape index (κ3) is 3.46. The van der Waals surface area contributed by atoms with Gasteiger partial charge >= 0.3 is 0 Å². The lowest BCUT2D eigenvalue weighted by atomic mass is 10.2. The minimum Gasteiger partial charge on any atom is -0.312 e. The SMILES string of the molecule is CC/C=C1/CCN(C(=O)CN2CCN[C@H](C)C2)C1=NC. The molecule has 1 N–H and O–H groups in total.